The molecule has 0 bridgehead atoms. The lowest BCUT2D eigenvalue weighted by molar-refractivity contribution is -0.140. The largest absolute Gasteiger partial charge is 0.497 e. The number of amidine groups is 1. The Kier molecular flexibility index (Phi) is 13.0. The van der Waals surface area contributed by atoms with Crippen LogP contribution in [0.1, 0.15) is 43.6 Å². The minimum Gasteiger partial charge on any atom is -0.497 e. The predicted molar refractivity (Wildman–Crippen MR) is 147 cm³/mol. The molecule has 0 saturated carbocycles. The van der Waals surface area contributed by atoms with Crippen molar-refractivity contribution in [1.29, 1.82) is 5.41 Å². The second-order valence-electron chi connectivity index (χ2n) is 8.60. The smallest absolute Gasteiger partial charge is 0.271 e. The van der Waals surface area contributed by atoms with E-state index in [0.29, 0.717) is 28.6 Å². The Labute approximate surface area is 237 Å². The first kappa shape index (κ1) is 32.7. The molecule has 0 aliphatic rings. The van der Waals surface area contributed by atoms with Crippen molar-refractivity contribution in [3.63, 3.8) is 0 Å². The van der Waals surface area contributed by atoms with E-state index >= 15 is 0 Å². The van der Waals surface area contributed by atoms with Gasteiger partial charge in [0, 0.05) is 54.7 Å². The van der Waals surface area contributed by atoms with Gasteiger partial charge in [-0.15, -0.1) is 0 Å². The molecule has 1 unspecified atom stereocenters. The van der Waals surface area contributed by atoms with Gasteiger partial charge in [-0.3, -0.25) is 15.0 Å². The van der Waals surface area contributed by atoms with Crippen molar-refractivity contribution in [3.8, 4) is 11.5 Å². The van der Waals surface area contributed by atoms with Gasteiger partial charge in [0.1, 0.15) is 29.0 Å². The van der Waals surface area contributed by atoms with Gasteiger partial charge < -0.3 is 30.2 Å². The van der Waals surface area contributed by atoms with Crippen LogP contribution in [0.25, 0.3) is 0 Å². The molecule has 2 rings (SSSR count). The fraction of sp³-hybridized carbons (Fsp3) is 0.444. The fourth-order valence-corrected chi connectivity index (χ4v) is 4.02. The summed E-state index contributed by atoms with van der Waals surface area (Å²) in [7, 11) is 1.26. The molecule has 10 nitrogen and oxygen atoms in total. The Morgan fingerprint density at radius 1 is 1.12 bits per heavy atom. The Morgan fingerprint density at radius 2 is 1.77 bits per heavy atom. The number of hydrogen-bond acceptors (Lipinski definition) is 7. The number of nitrogens with one attached hydrogen (secondary N) is 2. The van der Waals surface area contributed by atoms with Crippen molar-refractivity contribution in [2.24, 2.45) is 5.73 Å². The maximum absolute atomic E-state index is 14.7. The number of rotatable bonds is 16. The van der Waals surface area contributed by atoms with Crippen LogP contribution in [0.3, 0.4) is 0 Å². The predicted octanol–water partition coefficient (Wildman–Crippen LogP) is 3.35. The molecule has 1 atom stereocenters. The summed E-state index contributed by atoms with van der Waals surface area (Å²) in [6.45, 7) is 7.82. The number of likely N-dealkylation sites (N-methyl/N-ethyl adjacent to an activating group) is 1. The highest BCUT2D eigenvalue weighted by Gasteiger charge is 2.32. The summed E-state index contributed by atoms with van der Waals surface area (Å²) in [5.41, 5.74) is 5.67. The highest BCUT2D eigenvalue weighted by molar-refractivity contribution is 6.21. The van der Waals surface area contributed by atoms with E-state index in [1.54, 1.807) is 6.92 Å². The average Bonchev–Trinajstić information content (AvgIpc) is 2.93. The zero-order valence-electron chi connectivity index (χ0n) is 23.1. The molecule has 0 spiro atoms. The van der Waals surface area contributed by atoms with Crippen LogP contribution in [0.4, 0.5) is 8.78 Å². The van der Waals surface area contributed by atoms with Crippen molar-refractivity contribution in [3.05, 3.63) is 58.7 Å². The van der Waals surface area contributed by atoms with E-state index in [9.17, 15) is 18.4 Å². The molecule has 13 heteroatoms. The SMILES string of the molecule is CCOC(C(=O)N(Cl)Cc1ccc(C(=N)N)cc1OCC(=O)NCCN(CC)CC)c1c(F)cc(OC)cc1F. The Bertz CT molecular complexity index is 1160. The van der Waals surface area contributed by atoms with Gasteiger partial charge in [0.25, 0.3) is 11.8 Å². The van der Waals surface area contributed by atoms with E-state index < -0.39 is 29.2 Å². The summed E-state index contributed by atoms with van der Waals surface area (Å²) in [4.78, 5) is 27.7. The monoisotopic (exact) mass is 583 g/mol. The van der Waals surface area contributed by atoms with Gasteiger partial charge in [0.15, 0.2) is 12.7 Å². The van der Waals surface area contributed by atoms with E-state index in [2.05, 4.69) is 10.2 Å². The van der Waals surface area contributed by atoms with Crippen LogP contribution in [0.2, 0.25) is 0 Å². The normalized spacial score (nSPS) is 11.7. The summed E-state index contributed by atoms with van der Waals surface area (Å²) >= 11 is 6.30. The molecule has 0 aliphatic heterocycles. The Balaban J connectivity index is 2.22. The zero-order chi connectivity index (χ0) is 29.8. The van der Waals surface area contributed by atoms with Crippen molar-refractivity contribution < 1.29 is 32.6 Å². The third kappa shape index (κ3) is 9.04. The second kappa shape index (κ2) is 15.9. The number of amides is 2. The standard InChI is InChI=1S/C27H36ClF2N5O5/c1-5-34(6-2)11-10-33-23(36)16-40-22-12-17(26(31)32)8-9-18(22)15-35(28)27(37)25(39-7-3)24-20(29)13-19(38-4)14-21(24)30/h8-9,12-14,25H,5-7,10-11,15-16H2,1-4H3,(H3,31,32)(H,33,36). The second-order valence-corrected chi connectivity index (χ2v) is 9.01. The molecular weight excluding hydrogens is 548 g/mol. The summed E-state index contributed by atoms with van der Waals surface area (Å²) in [6, 6.07) is 6.37. The number of nitrogen functional groups attached to an aromatic ring is 1. The van der Waals surface area contributed by atoms with Crippen LogP contribution >= 0.6 is 11.8 Å². The number of halogens is 3. The van der Waals surface area contributed by atoms with Crippen LogP contribution < -0.4 is 20.5 Å². The van der Waals surface area contributed by atoms with Crippen LogP contribution in [-0.4, -0.2) is 73.5 Å². The summed E-state index contributed by atoms with van der Waals surface area (Å²) in [5.74, 6) is -3.51. The molecule has 0 fully saturated rings. The number of benzene rings is 2. The van der Waals surface area contributed by atoms with E-state index in [-0.39, 0.29) is 43.0 Å². The zero-order valence-corrected chi connectivity index (χ0v) is 23.8. The third-order valence-electron chi connectivity index (χ3n) is 6.04. The highest BCUT2D eigenvalue weighted by atomic mass is 35.5. The third-order valence-corrected chi connectivity index (χ3v) is 6.32. The van der Waals surface area contributed by atoms with Gasteiger partial charge >= 0.3 is 0 Å². The molecule has 4 N–H and O–H groups in total. The number of carbonyl (C=O) groups is 2. The number of ether oxygens (including phenoxy) is 3. The fourth-order valence-electron chi connectivity index (χ4n) is 3.80. The molecule has 0 aromatic heterocycles. The van der Waals surface area contributed by atoms with Crippen LogP contribution in [0.5, 0.6) is 11.5 Å². The molecule has 0 radical (unpaired) electrons. The average molecular weight is 584 g/mol. The van der Waals surface area contributed by atoms with Gasteiger partial charge in [0.2, 0.25) is 0 Å². The molecule has 0 saturated heterocycles. The van der Waals surface area contributed by atoms with E-state index in [1.165, 1.54) is 25.3 Å². The maximum Gasteiger partial charge on any atom is 0.271 e. The lowest BCUT2D eigenvalue weighted by Crippen LogP contribution is -2.37. The molecule has 0 aliphatic carbocycles. The quantitative estimate of drug-likeness (QED) is 0.157. The highest BCUT2D eigenvalue weighted by Crippen LogP contribution is 2.31. The van der Waals surface area contributed by atoms with Crippen LogP contribution in [0.15, 0.2) is 30.3 Å². The van der Waals surface area contributed by atoms with E-state index in [4.69, 9.17) is 37.1 Å². The Morgan fingerprint density at radius 3 is 2.33 bits per heavy atom. The summed E-state index contributed by atoms with van der Waals surface area (Å²) in [5, 5.41) is 10.5. The van der Waals surface area contributed by atoms with Crippen LogP contribution in [0, 0.1) is 17.0 Å². The lowest BCUT2D eigenvalue weighted by atomic mass is 10.1. The number of nitrogens with two attached hydrogens (primary N) is 1. The van der Waals surface area contributed by atoms with E-state index in [1.807, 2.05) is 13.8 Å². The summed E-state index contributed by atoms with van der Waals surface area (Å²) in [6.07, 6.45) is -1.68. The van der Waals surface area contributed by atoms with Crippen molar-refractivity contribution in [2.75, 3.05) is 46.5 Å². The van der Waals surface area contributed by atoms with Gasteiger partial charge in [-0.1, -0.05) is 26.0 Å². The first-order valence-electron chi connectivity index (χ1n) is 12.8. The number of methoxy groups -OCH3 is 1. The lowest BCUT2D eigenvalue weighted by Gasteiger charge is -2.23. The minimum absolute atomic E-state index is 0.0307. The number of hydrogen-bond donors (Lipinski definition) is 3. The minimum atomic E-state index is -1.68. The summed E-state index contributed by atoms with van der Waals surface area (Å²) < 4.78 is 46.2. The number of carbonyl (C=O) groups excluding carboxylic acids is 2. The first-order chi connectivity index (χ1) is 19.1. The number of nitrogens with zero attached hydrogens (tertiary/aromatic N) is 2. The van der Waals surface area contributed by atoms with Crippen molar-refractivity contribution in [2.45, 2.75) is 33.4 Å². The maximum atomic E-state index is 14.7. The van der Waals surface area contributed by atoms with Gasteiger partial charge in [-0.2, -0.15) is 0 Å². The molecule has 2 aromatic carbocycles. The van der Waals surface area contributed by atoms with E-state index in [0.717, 1.165) is 25.2 Å². The van der Waals surface area contributed by atoms with Gasteiger partial charge in [-0.05, 0) is 26.1 Å². The molecule has 40 heavy (non-hydrogen) atoms. The molecule has 0 heterocycles. The Hall–Kier alpha value is -3.48. The molecular formula is C27H36ClF2N5O5. The molecule has 220 valence electrons. The van der Waals surface area contributed by atoms with Crippen molar-refractivity contribution in [1.82, 2.24) is 14.6 Å². The molecule has 2 amide bonds. The van der Waals surface area contributed by atoms with Crippen LogP contribution in [-0.2, 0) is 20.9 Å². The molecule has 2 aromatic rings. The van der Waals surface area contributed by atoms with Gasteiger partial charge in [-0.25, -0.2) is 13.2 Å². The van der Waals surface area contributed by atoms with Gasteiger partial charge in [0.05, 0.1) is 19.2 Å². The first-order valence-corrected chi connectivity index (χ1v) is 13.1. The topological polar surface area (TPSA) is 130 Å². The van der Waals surface area contributed by atoms with Crippen molar-refractivity contribution >= 4 is 29.4 Å².